The molecular formula is C9H8ClNO2S. The molecule has 3 nitrogen and oxygen atoms in total. The van der Waals surface area contributed by atoms with Crippen LogP contribution in [0.5, 0.6) is 0 Å². The largest absolute Gasteiger partial charge is 0.478 e. The molecule has 0 saturated carbocycles. The van der Waals surface area contributed by atoms with Crippen molar-refractivity contribution in [1.29, 1.82) is 0 Å². The highest BCUT2D eigenvalue weighted by Crippen LogP contribution is 2.14. The summed E-state index contributed by atoms with van der Waals surface area (Å²) in [5.41, 5.74) is 0.666. The quantitative estimate of drug-likeness (QED) is 0.618. The molecule has 0 radical (unpaired) electrons. The van der Waals surface area contributed by atoms with E-state index in [1.807, 2.05) is 0 Å². The van der Waals surface area contributed by atoms with E-state index in [4.69, 9.17) is 16.7 Å². The van der Waals surface area contributed by atoms with Gasteiger partial charge < -0.3 is 5.11 Å². The van der Waals surface area contributed by atoms with Crippen LogP contribution in [0.3, 0.4) is 0 Å². The van der Waals surface area contributed by atoms with Gasteiger partial charge in [-0.1, -0.05) is 23.8 Å². The first kappa shape index (κ1) is 11.1. The van der Waals surface area contributed by atoms with Crippen LogP contribution in [0.4, 0.5) is 0 Å². The lowest BCUT2D eigenvalue weighted by Crippen LogP contribution is -2.00. The van der Waals surface area contributed by atoms with Gasteiger partial charge in [-0.25, -0.2) is 9.78 Å². The standard InChI is InChI=1S/C9H8ClNO2S/c10-8-4-7(9(12)13)6(5-11-8)2-1-3-14/h1-2,4-5,14H,3H2,(H,12,13). The molecule has 0 amide bonds. The zero-order valence-electron chi connectivity index (χ0n) is 7.14. The van der Waals surface area contributed by atoms with Crippen molar-refractivity contribution in [2.45, 2.75) is 0 Å². The van der Waals surface area contributed by atoms with Crippen LogP contribution in [0.25, 0.3) is 6.08 Å². The number of hydrogen-bond donors (Lipinski definition) is 2. The van der Waals surface area contributed by atoms with Gasteiger partial charge in [0.05, 0.1) is 5.56 Å². The fourth-order valence-electron chi connectivity index (χ4n) is 0.938. The molecule has 0 aromatic carbocycles. The number of pyridine rings is 1. The number of carbonyl (C=O) groups is 1. The van der Waals surface area contributed by atoms with Crippen LogP contribution in [0.2, 0.25) is 5.15 Å². The maximum Gasteiger partial charge on any atom is 0.336 e. The molecule has 1 heterocycles. The van der Waals surface area contributed by atoms with E-state index in [1.165, 1.54) is 12.3 Å². The van der Waals surface area contributed by atoms with E-state index < -0.39 is 5.97 Å². The fraction of sp³-hybridized carbons (Fsp3) is 0.111. The van der Waals surface area contributed by atoms with Crippen molar-refractivity contribution >= 4 is 36.3 Å². The molecule has 0 aliphatic heterocycles. The van der Waals surface area contributed by atoms with Gasteiger partial charge in [0.1, 0.15) is 5.15 Å². The molecule has 1 N–H and O–H groups in total. The Bertz CT molecular complexity index is 379. The third-order valence-electron chi connectivity index (χ3n) is 1.53. The second kappa shape index (κ2) is 5.02. The molecule has 0 fully saturated rings. The lowest BCUT2D eigenvalue weighted by molar-refractivity contribution is 0.0696. The van der Waals surface area contributed by atoms with E-state index in [0.717, 1.165) is 0 Å². The van der Waals surface area contributed by atoms with Gasteiger partial charge in [0.2, 0.25) is 0 Å². The SMILES string of the molecule is O=C(O)c1cc(Cl)ncc1C=CCS. The van der Waals surface area contributed by atoms with Gasteiger partial charge in [0, 0.05) is 17.5 Å². The number of nitrogens with zero attached hydrogens (tertiary/aromatic N) is 1. The predicted molar refractivity (Wildman–Crippen MR) is 59.1 cm³/mol. The normalized spacial score (nSPS) is 10.7. The van der Waals surface area contributed by atoms with Crippen molar-refractivity contribution < 1.29 is 9.90 Å². The molecule has 0 unspecified atom stereocenters. The number of halogens is 1. The minimum atomic E-state index is -1.02. The number of thiol groups is 1. The first-order chi connectivity index (χ1) is 6.65. The van der Waals surface area contributed by atoms with E-state index in [9.17, 15) is 4.79 Å². The maximum atomic E-state index is 10.8. The minimum Gasteiger partial charge on any atom is -0.478 e. The average Bonchev–Trinajstić information content (AvgIpc) is 2.15. The van der Waals surface area contributed by atoms with E-state index in [-0.39, 0.29) is 10.7 Å². The topological polar surface area (TPSA) is 50.2 Å². The van der Waals surface area contributed by atoms with Crippen molar-refractivity contribution in [2.75, 3.05) is 5.75 Å². The van der Waals surface area contributed by atoms with Crippen LogP contribution in [0.15, 0.2) is 18.3 Å². The van der Waals surface area contributed by atoms with Gasteiger partial charge in [-0.2, -0.15) is 12.6 Å². The number of aromatic nitrogens is 1. The molecule has 0 atom stereocenters. The first-order valence-corrected chi connectivity index (χ1v) is 4.82. The smallest absolute Gasteiger partial charge is 0.336 e. The second-order valence-corrected chi connectivity index (χ2v) is 3.24. The summed E-state index contributed by atoms with van der Waals surface area (Å²) in [5, 5.41) is 9.02. The van der Waals surface area contributed by atoms with Gasteiger partial charge in [-0.15, -0.1) is 0 Å². The first-order valence-electron chi connectivity index (χ1n) is 3.81. The molecule has 0 spiro atoms. The summed E-state index contributed by atoms with van der Waals surface area (Å²) < 4.78 is 0. The zero-order valence-corrected chi connectivity index (χ0v) is 8.79. The maximum absolute atomic E-state index is 10.8. The highest BCUT2D eigenvalue weighted by Gasteiger charge is 2.08. The number of carboxylic acids is 1. The summed E-state index contributed by atoms with van der Waals surface area (Å²) in [5.74, 6) is -0.477. The number of aromatic carboxylic acids is 1. The van der Waals surface area contributed by atoms with Crippen LogP contribution >= 0.6 is 24.2 Å². The predicted octanol–water partition coefficient (Wildman–Crippen LogP) is 2.38. The molecule has 1 rings (SSSR count). The Balaban J connectivity index is 3.15. The number of hydrogen-bond acceptors (Lipinski definition) is 3. The number of carboxylic acid groups (broad SMARTS) is 1. The van der Waals surface area contributed by atoms with E-state index in [2.05, 4.69) is 17.6 Å². The Morgan fingerprint density at radius 3 is 3.00 bits per heavy atom. The summed E-state index contributed by atoms with van der Waals surface area (Å²) in [6.07, 6.45) is 4.81. The van der Waals surface area contributed by atoms with Gasteiger partial charge in [-0.3, -0.25) is 0 Å². The van der Waals surface area contributed by atoms with Gasteiger partial charge in [-0.05, 0) is 6.07 Å². The average molecular weight is 230 g/mol. The van der Waals surface area contributed by atoms with Crippen molar-refractivity contribution in [1.82, 2.24) is 4.98 Å². The second-order valence-electron chi connectivity index (χ2n) is 2.48. The molecule has 1 aromatic heterocycles. The van der Waals surface area contributed by atoms with Gasteiger partial charge in [0.15, 0.2) is 0 Å². The fourth-order valence-corrected chi connectivity index (χ4v) is 1.20. The summed E-state index contributed by atoms with van der Waals surface area (Å²) in [6.45, 7) is 0. The van der Waals surface area contributed by atoms with Crippen molar-refractivity contribution in [3.8, 4) is 0 Å². The van der Waals surface area contributed by atoms with E-state index in [1.54, 1.807) is 12.2 Å². The summed E-state index contributed by atoms with van der Waals surface area (Å²) in [7, 11) is 0. The highest BCUT2D eigenvalue weighted by molar-refractivity contribution is 7.80. The van der Waals surface area contributed by atoms with Crippen LogP contribution in [0, 0.1) is 0 Å². The monoisotopic (exact) mass is 229 g/mol. The van der Waals surface area contributed by atoms with Crippen LogP contribution in [-0.2, 0) is 0 Å². The molecular weight excluding hydrogens is 222 g/mol. The third kappa shape index (κ3) is 2.75. The van der Waals surface area contributed by atoms with Crippen molar-refractivity contribution in [2.24, 2.45) is 0 Å². The van der Waals surface area contributed by atoms with Gasteiger partial charge >= 0.3 is 5.97 Å². The van der Waals surface area contributed by atoms with Crippen molar-refractivity contribution in [3.63, 3.8) is 0 Å². The van der Waals surface area contributed by atoms with Crippen LogP contribution in [0.1, 0.15) is 15.9 Å². The van der Waals surface area contributed by atoms with Crippen molar-refractivity contribution in [3.05, 3.63) is 34.6 Å². The van der Waals surface area contributed by atoms with Crippen LogP contribution < -0.4 is 0 Å². The third-order valence-corrected chi connectivity index (χ3v) is 1.95. The number of rotatable bonds is 3. The Labute approximate surface area is 91.8 Å². The summed E-state index contributed by atoms with van der Waals surface area (Å²) >= 11 is 9.56. The zero-order chi connectivity index (χ0) is 10.6. The van der Waals surface area contributed by atoms with Crippen LogP contribution in [-0.4, -0.2) is 21.8 Å². The molecule has 5 heteroatoms. The molecule has 74 valence electrons. The lowest BCUT2D eigenvalue weighted by Gasteiger charge is -2.00. The Morgan fingerprint density at radius 1 is 1.71 bits per heavy atom. The van der Waals surface area contributed by atoms with Gasteiger partial charge in [0.25, 0.3) is 0 Å². The van der Waals surface area contributed by atoms with E-state index in [0.29, 0.717) is 11.3 Å². The Kier molecular flexibility index (Phi) is 3.98. The summed E-state index contributed by atoms with van der Waals surface area (Å²) in [4.78, 5) is 14.6. The Morgan fingerprint density at radius 2 is 2.43 bits per heavy atom. The molecule has 14 heavy (non-hydrogen) atoms. The molecule has 1 aromatic rings. The Hall–Kier alpha value is -1.00. The minimum absolute atomic E-state index is 0.142. The molecule has 0 aliphatic rings. The summed E-state index contributed by atoms with van der Waals surface area (Å²) in [6, 6.07) is 1.32. The lowest BCUT2D eigenvalue weighted by atomic mass is 10.1. The van der Waals surface area contributed by atoms with E-state index >= 15 is 0 Å². The molecule has 0 aliphatic carbocycles. The highest BCUT2D eigenvalue weighted by atomic mass is 35.5. The molecule has 0 bridgehead atoms. The molecule has 0 saturated heterocycles.